The van der Waals surface area contributed by atoms with Crippen LogP contribution >= 0.6 is 12.6 Å². The summed E-state index contributed by atoms with van der Waals surface area (Å²) in [6.07, 6.45) is 5.52. The number of hydrogen-bond acceptors (Lipinski definition) is 5. The lowest BCUT2D eigenvalue weighted by molar-refractivity contribution is -0.138. The fraction of sp³-hybridized carbons (Fsp3) is 0.455. The van der Waals surface area contributed by atoms with Gasteiger partial charge in [-0.1, -0.05) is 26.5 Å². The molecule has 2 amide bonds. The van der Waals surface area contributed by atoms with Crippen molar-refractivity contribution in [2.24, 2.45) is 5.92 Å². The van der Waals surface area contributed by atoms with Gasteiger partial charge in [0.2, 0.25) is 5.91 Å². The monoisotopic (exact) mass is 622 g/mol. The van der Waals surface area contributed by atoms with Crippen LogP contribution in [0.25, 0.3) is 6.08 Å². The summed E-state index contributed by atoms with van der Waals surface area (Å²) in [4.78, 5) is 55.1. The van der Waals surface area contributed by atoms with Crippen LogP contribution in [0.3, 0.4) is 0 Å². The molecule has 1 saturated heterocycles. The van der Waals surface area contributed by atoms with E-state index in [0.717, 1.165) is 50.6 Å². The number of H-pyrrole nitrogens is 2. The van der Waals surface area contributed by atoms with Crippen LogP contribution in [0.5, 0.6) is 0 Å². The zero-order chi connectivity index (χ0) is 32.5. The predicted molar refractivity (Wildman–Crippen MR) is 172 cm³/mol. The fourth-order valence-corrected chi connectivity index (χ4v) is 6.66. The number of hydrogen-bond donors (Lipinski definition) is 7. The lowest BCUT2D eigenvalue weighted by Gasteiger charge is -2.25. The molecule has 1 fully saturated rings. The van der Waals surface area contributed by atoms with Crippen molar-refractivity contribution >= 4 is 42.5 Å². The van der Waals surface area contributed by atoms with Crippen molar-refractivity contribution in [1.29, 1.82) is 0 Å². The van der Waals surface area contributed by atoms with E-state index in [0.29, 0.717) is 43.4 Å². The van der Waals surface area contributed by atoms with Gasteiger partial charge < -0.3 is 30.8 Å². The van der Waals surface area contributed by atoms with Gasteiger partial charge in [-0.2, -0.15) is 12.6 Å². The minimum Gasteiger partial charge on any atom is -0.481 e. The van der Waals surface area contributed by atoms with Crippen molar-refractivity contribution in [1.82, 2.24) is 20.6 Å². The molecule has 0 spiro atoms. The van der Waals surface area contributed by atoms with E-state index < -0.39 is 16.7 Å². The Morgan fingerprint density at radius 2 is 1.57 bits per heavy atom. The van der Waals surface area contributed by atoms with Crippen molar-refractivity contribution in [3.05, 3.63) is 74.5 Å². The van der Waals surface area contributed by atoms with E-state index in [9.17, 15) is 29.4 Å². The highest BCUT2D eigenvalue weighted by atomic mass is 32.1. The molecule has 2 aliphatic heterocycles. The molecule has 3 atom stereocenters. The zero-order valence-corrected chi connectivity index (χ0v) is 26.8. The minimum atomic E-state index is -0.908. The van der Waals surface area contributed by atoms with E-state index in [2.05, 4.69) is 27.2 Å². The Morgan fingerprint density at radius 1 is 0.977 bits per heavy atom. The molecule has 10 nitrogen and oxygen atoms in total. The Morgan fingerprint density at radius 3 is 2.11 bits per heavy atom. The summed E-state index contributed by atoms with van der Waals surface area (Å²) in [6.45, 7) is 13.4. The molecular formula is C33H42N4O6S. The van der Waals surface area contributed by atoms with Crippen LogP contribution in [0.4, 0.5) is 0 Å². The predicted octanol–water partition coefficient (Wildman–Crippen LogP) is 4.31. The third kappa shape index (κ3) is 6.29. The molecule has 4 heterocycles. The molecule has 0 aliphatic carbocycles. The van der Waals surface area contributed by atoms with Gasteiger partial charge in [0.05, 0.1) is 16.7 Å². The SMILES string of the molecule is C=CC1=C(C)[C@@H](Cc2[nH]c(Cc3[nH]c(/C=C4\NC(=O)[C@H](C)[C@@]4(S)CC)c(C)c3CCC(=O)O)c(CCC(=O)O)c2C)NC1=O. The number of carboxylic acids is 2. The van der Waals surface area contributed by atoms with E-state index in [1.807, 2.05) is 40.7 Å². The van der Waals surface area contributed by atoms with Crippen molar-refractivity contribution < 1.29 is 29.4 Å². The third-order valence-electron chi connectivity index (χ3n) is 9.38. The first kappa shape index (κ1) is 32.9. The molecule has 2 aliphatic rings. The molecule has 2 aromatic rings. The molecule has 6 N–H and O–H groups in total. The lowest BCUT2D eigenvalue weighted by atomic mass is 9.90. The smallest absolute Gasteiger partial charge is 0.303 e. The number of carbonyl (C=O) groups excluding carboxylic acids is 2. The molecule has 0 aromatic carbocycles. The number of carbonyl (C=O) groups is 4. The number of aromatic nitrogens is 2. The van der Waals surface area contributed by atoms with Crippen LogP contribution in [0.2, 0.25) is 0 Å². The van der Waals surface area contributed by atoms with Gasteiger partial charge in [-0.05, 0) is 73.9 Å². The van der Waals surface area contributed by atoms with Gasteiger partial charge >= 0.3 is 11.9 Å². The van der Waals surface area contributed by atoms with Crippen molar-refractivity contribution in [2.75, 3.05) is 0 Å². The van der Waals surface area contributed by atoms with Gasteiger partial charge in [0.1, 0.15) is 0 Å². The quantitative estimate of drug-likeness (QED) is 0.165. The maximum Gasteiger partial charge on any atom is 0.303 e. The molecule has 44 heavy (non-hydrogen) atoms. The van der Waals surface area contributed by atoms with Gasteiger partial charge in [-0.15, -0.1) is 0 Å². The number of aromatic amines is 2. The van der Waals surface area contributed by atoms with Crippen LogP contribution in [0, 0.1) is 19.8 Å². The summed E-state index contributed by atoms with van der Waals surface area (Å²) in [5, 5.41) is 24.9. The van der Waals surface area contributed by atoms with Gasteiger partial charge in [-0.25, -0.2) is 0 Å². The number of rotatable bonds is 13. The minimum absolute atomic E-state index is 0.0449. The summed E-state index contributed by atoms with van der Waals surface area (Å²) in [5.74, 6) is -2.38. The number of amides is 2. The van der Waals surface area contributed by atoms with Crippen LogP contribution < -0.4 is 10.6 Å². The Bertz CT molecular complexity index is 1600. The van der Waals surface area contributed by atoms with E-state index >= 15 is 0 Å². The summed E-state index contributed by atoms with van der Waals surface area (Å²) in [5.41, 5.74) is 9.08. The number of carboxylic acid groups (broad SMARTS) is 2. The number of nitrogens with one attached hydrogen (secondary N) is 4. The van der Waals surface area contributed by atoms with Crippen molar-refractivity contribution in [3.63, 3.8) is 0 Å². The van der Waals surface area contributed by atoms with E-state index in [1.54, 1.807) is 6.08 Å². The lowest BCUT2D eigenvalue weighted by Crippen LogP contribution is -2.30. The Balaban J connectivity index is 1.76. The van der Waals surface area contributed by atoms with E-state index in [4.69, 9.17) is 12.6 Å². The largest absolute Gasteiger partial charge is 0.481 e. The Kier molecular flexibility index (Phi) is 9.68. The first-order valence-electron chi connectivity index (χ1n) is 14.9. The topological polar surface area (TPSA) is 164 Å². The highest BCUT2D eigenvalue weighted by Crippen LogP contribution is 2.41. The number of aliphatic carboxylic acids is 2. The van der Waals surface area contributed by atoms with Crippen LogP contribution in [-0.2, 0) is 44.9 Å². The second kappa shape index (κ2) is 12.9. The molecule has 4 rings (SSSR count). The summed E-state index contributed by atoms with van der Waals surface area (Å²) >= 11 is 4.88. The van der Waals surface area contributed by atoms with Crippen LogP contribution in [-0.4, -0.2) is 54.7 Å². The summed E-state index contributed by atoms with van der Waals surface area (Å²) in [7, 11) is 0. The first-order chi connectivity index (χ1) is 20.7. The maximum absolute atomic E-state index is 12.6. The highest BCUT2D eigenvalue weighted by molar-refractivity contribution is 7.82. The molecular weight excluding hydrogens is 580 g/mol. The summed E-state index contributed by atoms with van der Waals surface area (Å²) in [6, 6.07) is -0.214. The van der Waals surface area contributed by atoms with Crippen molar-refractivity contribution in [2.45, 2.75) is 90.4 Å². The maximum atomic E-state index is 12.6. The Labute approximate surface area is 262 Å². The molecule has 0 saturated carbocycles. The second-order valence-electron chi connectivity index (χ2n) is 11.8. The zero-order valence-electron chi connectivity index (χ0n) is 25.9. The molecule has 0 unspecified atom stereocenters. The standard InChI is InChI=1S/C33H42N4O6S/c1-7-20-16(3)24(36-32(20)43)13-23-17(4)21(9-11-29(38)39)26(34-23)14-27-22(10-12-30(40)41)18(5)25(35-27)15-28-33(44,8-2)19(6)31(42)37-28/h7,15,19,24,34-35,44H,1,8-14H2,2-6H3,(H,36,43)(H,37,42)(H,38,39)(H,40,41)/b28-15-/t19-,24+,33-/m0/s1. The normalized spacial score (nSPS) is 22.5. The molecule has 2 aromatic heterocycles. The first-order valence-corrected chi connectivity index (χ1v) is 15.4. The fourth-order valence-electron chi connectivity index (χ4n) is 6.42. The second-order valence-corrected chi connectivity index (χ2v) is 12.6. The summed E-state index contributed by atoms with van der Waals surface area (Å²) < 4.78 is -0.654. The van der Waals surface area contributed by atoms with Gasteiger partial charge in [0.15, 0.2) is 0 Å². The average molecular weight is 623 g/mol. The van der Waals surface area contributed by atoms with Gasteiger partial charge in [0, 0.05) is 59.7 Å². The molecule has 0 bridgehead atoms. The Hall–Kier alpha value is -3.99. The van der Waals surface area contributed by atoms with E-state index in [1.165, 1.54) is 0 Å². The number of thiol groups is 1. The van der Waals surface area contributed by atoms with Crippen LogP contribution in [0.15, 0.2) is 29.5 Å². The van der Waals surface area contributed by atoms with Gasteiger partial charge in [-0.3, -0.25) is 19.2 Å². The molecule has 236 valence electrons. The van der Waals surface area contributed by atoms with E-state index in [-0.39, 0.29) is 36.6 Å². The highest BCUT2D eigenvalue weighted by Gasteiger charge is 2.45. The average Bonchev–Trinajstić information content (AvgIpc) is 3.59. The van der Waals surface area contributed by atoms with Crippen molar-refractivity contribution in [3.8, 4) is 0 Å². The molecule has 0 radical (unpaired) electrons. The van der Waals surface area contributed by atoms with Crippen LogP contribution in [0.1, 0.15) is 85.1 Å². The molecule has 11 heteroatoms. The third-order valence-corrected chi connectivity index (χ3v) is 10.3. The van der Waals surface area contributed by atoms with Gasteiger partial charge in [0.25, 0.3) is 5.91 Å².